The van der Waals surface area contributed by atoms with Gasteiger partial charge in [0.1, 0.15) is 0 Å². The summed E-state index contributed by atoms with van der Waals surface area (Å²) in [7, 11) is 1.54. The Morgan fingerprint density at radius 3 is 2.42 bits per heavy atom. The Balaban J connectivity index is 2.15. The first-order valence-electron chi connectivity index (χ1n) is 10.5. The van der Waals surface area contributed by atoms with Gasteiger partial charge in [-0.1, -0.05) is 0 Å². The van der Waals surface area contributed by atoms with Crippen LogP contribution in [0.3, 0.4) is 0 Å². The second-order valence-electron chi connectivity index (χ2n) is 8.97. The van der Waals surface area contributed by atoms with Crippen molar-refractivity contribution in [2.45, 2.75) is 64.8 Å². The van der Waals surface area contributed by atoms with Crippen molar-refractivity contribution in [2.75, 3.05) is 13.7 Å². The zero-order valence-corrected chi connectivity index (χ0v) is 20.7. The molecule has 1 aromatic carbocycles. The van der Waals surface area contributed by atoms with Gasteiger partial charge >= 0.3 is 190 Å². The summed E-state index contributed by atoms with van der Waals surface area (Å²) in [5.74, 6) is -0.317. The van der Waals surface area contributed by atoms with Crippen molar-refractivity contribution in [3.05, 3.63) is 47.2 Å². The number of nitrogens with zero attached hydrogens (tertiary/aromatic N) is 1. The van der Waals surface area contributed by atoms with Gasteiger partial charge < -0.3 is 0 Å². The quantitative estimate of drug-likeness (QED) is 0.451. The number of aromatic nitrogens is 1. The van der Waals surface area contributed by atoms with Crippen LogP contribution in [-0.4, -0.2) is 51.2 Å². The molecule has 0 saturated carbocycles. The van der Waals surface area contributed by atoms with E-state index in [0.29, 0.717) is 16.9 Å². The average molecular weight is 492 g/mol. The molecule has 1 aliphatic carbocycles. The van der Waals surface area contributed by atoms with Gasteiger partial charge in [-0.25, -0.2) is 0 Å². The summed E-state index contributed by atoms with van der Waals surface area (Å²) in [5, 5.41) is 9.61. The van der Waals surface area contributed by atoms with Gasteiger partial charge in [-0.3, -0.25) is 0 Å². The van der Waals surface area contributed by atoms with Crippen LogP contribution < -0.4 is 13.8 Å². The Morgan fingerprint density at radius 2 is 1.84 bits per heavy atom. The van der Waals surface area contributed by atoms with Crippen LogP contribution in [0.2, 0.25) is 0 Å². The van der Waals surface area contributed by atoms with Crippen LogP contribution in [0.15, 0.2) is 30.5 Å². The first-order chi connectivity index (χ1) is 14.6. The third-order valence-electron chi connectivity index (χ3n) is 5.84. The van der Waals surface area contributed by atoms with Gasteiger partial charge in [-0.2, -0.15) is 0 Å². The summed E-state index contributed by atoms with van der Waals surface area (Å²) in [4.78, 5) is 16.1. The zero-order chi connectivity index (χ0) is 22.8. The summed E-state index contributed by atoms with van der Waals surface area (Å²) in [6, 6.07) is 7.53. The molecular weight excluding hydrogens is 461 g/mol. The molecule has 7 heteroatoms. The molecule has 0 bridgehead atoms. The molecule has 0 saturated heterocycles. The first kappa shape index (κ1) is 23.7. The third kappa shape index (κ3) is 5.12. The van der Waals surface area contributed by atoms with E-state index < -0.39 is 12.4 Å². The van der Waals surface area contributed by atoms with Crippen molar-refractivity contribution >= 4 is 30.0 Å². The van der Waals surface area contributed by atoms with Crippen LogP contribution in [0.5, 0.6) is 5.75 Å². The van der Waals surface area contributed by atoms with Gasteiger partial charge in [-0.15, -0.1) is 0 Å². The number of aromatic carboxylic acids is 1. The number of rotatable bonds is 8. The minimum absolute atomic E-state index is 0.0138. The topological polar surface area (TPSA) is 77.9 Å². The van der Waals surface area contributed by atoms with E-state index in [1.54, 1.807) is 18.3 Å². The second-order valence-corrected chi connectivity index (χ2v) is 11.1. The van der Waals surface area contributed by atoms with Crippen LogP contribution in [0.1, 0.15) is 68.9 Å². The molecule has 2 aromatic rings. The minimum atomic E-state index is -0.976. The van der Waals surface area contributed by atoms with Crippen molar-refractivity contribution in [1.29, 1.82) is 0 Å². The number of hydrogen-bond acceptors (Lipinski definition) is 5. The van der Waals surface area contributed by atoms with Gasteiger partial charge in [0.15, 0.2) is 0 Å². The monoisotopic (exact) mass is 493 g/mol. The molecule has 0 amide bonds. The Kier molecular flexibility index (Phi) is 7.11. The Hall–Kier alpha value is -1.92. The van der Waals surface area contributed by atoms with E-state index in [0.717, 1.165) is 17.3 Å². The van der Waals surface area contributed by atoms with Crippen molar-refractivity contribution in [2.24, 2.45) is 0 Å². The fraction of sp³-hybridized carbons (Fsp3) is 0.500. The van der Waals surface area contributed by atoms with E-state index in [2.05, 4.69) is 44.8 Å². The van der Waals surface area contributed by atoms with Gasteiger partial charge in [0.25, 0.3) is 0 Å². The third-order valence-corrected chi connectivity index (χ3v) is 8.06. The molecule has 0 spiro atoms. The van der Waals surface area contributed by atoms with E-state index in [1.807, 2.05) is 6.92 Å². The molecule has 0 radical (unpaired) electrons. The summed E-state index contributed by atoms with van der Waals surface area (Å²) in [6.07, 6.45) is 3.80. The van der Waals surface area contributed by atoms with Gasteiger partial charge in [-0.05, 0) is 0 Å². The SMILES string of the molecule is CCOC(OC)Oc1cc2c(cc1[Se]c1ncccc1C(=O)O)C(C)(C)CCC2(C)C. The van der Waals surface area contributed by atoms with Crippen LogP contribution >= 0.6 is 0 Å². The Morgan fingerprint density at radius 1 is 1.19 bits per heavy atom. The number of methoxy groups -OCH3 is 1. The van der Waals surface area contributed by atoms with Crippen LogP contribution in [0, 0.1) is 0 Å². The van der Waals surface area contributed by atoms with Crippen LogP contribution in [-0.2, 0) is 20.3 Å². The van der Waals surface area contributed by atoms with E-state index in [4.69, 9.17) is 14.2 Å². The summed E-state index contributed by atoms with van der Waals surface area (Å²) < 4.78 is 18.5. The maximum absolute atomic E-state index is 11.7. The molecule has 0 aliphatic heterocycles. The van der Waals surface area contributed by atoms with E-state index in [-0.39, 0.29) is 31.4 Å². The predicted molar refractivity (Wildman–Crippen MR) is 121 cm³/mol. The summed E-state index contributed by atoms with van der Waals surface area (Å²) >= 11 is -0.373. The van der Waals surface area contributed by atoms with E-state index in [9.17, 15) is 9.90 Å². The molecule has 1 atom stereocenters. The van der Waals surface area contributed by atoms with Crippen LogP contribution in [0.25, 0.3) is 0 Å². The number of ether oxygens (including phenoxy) is 3. The summed E-state index contributed by atoms with van der Waals surface area (Å²) in [5.41, 5.74) is 2.79. The number of carboxylic acid groups (broad SMARTS) is 1. The fourth-order valence-electron chi connectivity index (χ4n) is 3.87. The molecule has 1 heterocycles. The Labute approximate surface area is 190 Å². The predicted octanol–water partition coefficient (Wildman–Crippen LogP) is 3.13. The maximum atomic E-state index is 11.7. The molecule has 31 heavy (non-hydrogen) atoms. The average Bonchev–Trinajstić information content (AvgIpc) is 2.72. The molecule has 6 nitrogen and oxygen atoms in total. The van der Waals surface area contributed by atoms with E-state index >= 15 is 0 Å². The zero-order valence-electron chi connectivity index (χ0n) is 19.0. The fourth-order valence-corrected chi connectivity index (χ4v) is 5.91. The van der Waals surface area contributed by atoms with Crippen molar-refractivity contribution in [3.8, 4) is 5.75 Å². The normalized spacial score (nSPS) is 17.6. The molecule has 1 aliphatic rings. The summed E-state index contributed by atoms with van der Waals surface area (Å²) in [6.45, 7) is 10.5. The van der Waals surface area contributed by atoms with Crippen LogP contribution in [0.4, 0.5) is 0 Å². The molecule has 1 unspecified atom stereocenters. The number of carbonyl (C=O) groups is 1. The number of benzene rings is 1. The number of fused-ring (bicyclic) bond motifs is 1. The molecule has 1 aromatic heterocycles. The molecule has 0 fully saturated rings. The van der Waals surface area contributed by atoms with Crippen molar-refractivity contribution < 1.29 is 24.1 Å². The standard InChI is InChI=1S/C24H31NO5Se/c1-7-29-22(28-6)30-18-13-16-17(24(4,5)11-10-23(16,2)3)14-19(18)31-20-15(21(26)27)9-8-12-25-20/h8-9,12-14,22H,7,10-11H2,1-6H3,(H,26,27). The van der Waals surface area contributed by atoms with E-state index in [1.165, 1.54) is 18.2 Å². The van der Waals surface area contributed by atoms with Gasteiger partial charge in [0, 0.05) is 0 Å². The molecular formula is C24H31NO5Se. The van der Waals surface area contributed by atoms with Crippen molar-refractivity contribution in [1.82, 2.24) is 4.98 Å². The number of carboxylic acids is 1. The number of pyridine rings is 1. The molecule has 3 rings (SSSR count). The molecule has 1 N–H and O–H groups in total. The van der Waals surface area contributed by atoms with Gasteiger partial charge in [0.2, 0.25) is 0 Å². The number of hydrogen-bond donors (Lipinski definition) is 1. The first-order valence-corrected chi connectivity index (χ1v) is 12.2. The second kappa shape index (κ2) is 9.29. The van der Waals surface area contributed by atoms with Crippen molar-refractivity contribution in [3.63, 3.8) is 0 Å². The molecule has 168 valence electrons. The van der Waals surface area contributed by atoms with Gasteiger partial charge in [0.05, 0.1) is 0 Å². The Bertz CT molecular complexity index is 957.